The standard InChI is InChI=1S/C15H31NO/c1-4-8-14(16-6-3)15(5-2)17-12-11-13-9-7-10-13/h13-16H,4-12H2,1-3H3. The third-order valence-electron chi connectivity index (χ3n) is 4.00. The highest BCUT2D eigenvalue weighted by Crippen LogP contribution is 2.29. The summed E-state index contributed by atoms with van der Waals surface area (Å²) >= 11 is 0. The molecule has 0 amide bonds. The van der Waals surface area contributed by atoms with E-state index in [9.17, 15) is 0 Å². The number of likely N-dealkylation sites (N-methyl/N-ethyl adjacent to an activating group) is 1. The zero-order valence-electron chi connectivity index (χ0n) is 12.0. The fraction of sp³-hybridized carbons (Fsp3) is 1.00. The van der Waals surface area contributed by atoms with Crippen LogP contribution in [0.4, 0.5) is 0 Å². The molecule has 2 heteroatoms. The van der Waals surface area contributed by atoms with Crippen molar-refractivity contribution >= 4 is 0 Å². The Morgan fingerprint density at radius 2 is 2.00 bits per heavy atom. The van der Waals surface area contributed by atoms with Crippen molar-refractivity contribution in [2.45, 2.75) is 77.9 Å². The monoisotopic (exact) mass is 241 g/mol. The topological polar surface area (TPSA) is 21.3 Å². The molecular formula is C15H31NO. The van der Waals surface area contributed by atoms with Gasteiger partial charge in [-0.2, -0.15) is 0 Å². The maximum absolute atomic E-state index is 6.10. The minimum atomic E-state index is 0.412. The first-order valence-electron chi connectivity index (χ1n) is 7.66. The third kappa shape index (κ3) is 5.39. The van der Waals surface area contributed by atoms with Gasteiger partial charge in [-0.3, -0.25) is 0 Å². The number of hydrogen-bond acceptors (Lipinski definition) is 2. The summed E-state index contributed by atoms with van der Waals surface area (Å²) in [7, 11) is 0. The Morgan fingerprint density at radius 3 is 2.47 bits per heavy atom. The minimum absolute atomic E-state index is 0.412. The van der Waals surface area contributed by atoms with Crippen LogP contribution in [0, 0.1) is 5.92 Å². The van der Waals surface area contributed by atoms with Crippen LogP contribution in [-0.2, 0) is 4.74 Å². The van der Waals surface area contributed by atoms with Crippen LogP contribution in [0.2, 0.25) is 0 Å². The lowest BCUT2D eigenvalue weighted by Crippen LogP contribution is -2.41. The van der Waals surface area contributed by atoms with Gasteiger partial charge in [-0.05, 0) is 31.7 Å². The van der Waals surface area contributed by atoms with E-state index in [2.05, 4.69) is 26.1 Å². The van der Waals surface area contributed by atoms with E-state index in [-0.39, 0.29) is 0 Å². The van der Waals surface area contributed by atoms with Crippen LogP contribution in [0.25, 0.3) is 0 Å². The fourth-order valence-corrected chi connectivity index (χ4v) is 2.68. The average Bonchev–Trinajstić information content (AvgIpc) is 2.27. The van der Waals surface area contributed by atoms with Crippen LogP contribution in [0.1, 0.15) is 65.7 Å². The summed E-state index contributed by atoms with van der Waals surface area (Å²) in [5, 5.41) is 3.58. The van der Waals surface area contributed by atoms with Gasteiger partial charge < -0.3 is 10.1 Å². The molecule has 2 nitrogen and oxygen atoms in total. The van der Waals surface area contributed by atoms with Crippen LogP contribution < -0.4 is 5.32 Å². The van der Waals surface area contributed by atoms with Gasteiger partial charge in [-0.15, -0.1) is 0 Å². The van der Waals surface area contributed by atoms with Crippen LogP contribution >= 0.6 is 0 Å². The van der Waals surface area contributed by atoms with Gasteiger partial charge in [-0.25, -0.2) is 0 Å². The van der Waals surface area contributed by atoms with Gasteiger partial charge in [0.15, 0.2) is 0 Å². The molecule has 1 aliphatic carbocycles. The molecule has 0 radical (unpaired) electrons. The van der Waals surface area contributed by atoms with Gasteiger partial charge in [0.25, 0.3) is 0 Å². The number of ether oxygens (including phenoxy) is 1. The van der Waals surface area contributed by atoms with Crippen LogP contribution in [0.3, 0.4) is 0 Å². The van der Waals surface area contributed by atoms with E-state index in [1.165, 1.54) is 38.5 Å². The second-order valence-electron chi connectivity index (χ2n) is 5.36. The molecule has 0 aromatic rings. The maximum Gasteiger partial charge on any atom is 0.0725 e. The highest BCUT2D eigenvalue weighted by Gasteiger charge is 2.21. The first kappa shape index (κ1) is 15.0. The first-order valence-corrected chi connectivity index (χ1v) is 7.66. The lowest BCUT2D eigenvalue weighted by molar-refractivity contribution is 0.0104. The molecule has 0 aliphatic heterocycles. The molecule has 1 fully saturated rings. The molecule has 2 atom stereocenters. The van der Waals surface area contributed by atoms with Crippen LogP contribution in [0.15, 0.2) is 0 Å². The molecule has 1 rings (SSSR count). The van der Waals surface area contributed by atoms with Crippen molar-refractivity contribution in [3.05, 3.63) is 0 Å². The summed E-state index contributed by atoms with van der Waals surface area (Å²) < 4.78 is 6.10. The highest BCUT2D eigenvalue weighted by molar-refractivity contribution is 4.76. The van der Waals surface area contributed by atoms with Crippen molar-refractivity contribution in [2.75, 3.05) is 13.2 Å². The quantitative estimate of drug-likeness (QED) is 0.629. The summed E-state index contributed by atoms with van der Waals surface area (Å²) in [6.45, 7) is 8.70. The number of hydrogen-bond donors (Lipinski definition) is 1. The molecule has 0 heterocycles. The van der Waals surface area contributed by atoms with Crippen molar-refractivity contribution in [2.24, 2.45) is 5.92 Å². The second-order valence-corrected chi connectivity index (χ2v) is 5.36. The molecular weight excluding hydrogens is 210 g/mol. The third-order valence-corrected chi connectivity index (χ3v) is 4.00. The van der Waals surface area contributed by atoms with Crippen LogP contribution in [-0.4, -0.2) is 25.3 Å². The van der Waals surface area contributed by atoms with Crippen molar-refractivity contribution < 1.29 is 4.74 Å². The SMILES string of the molecule is CCCC(NCC)C(CC)OCCC1CCC1. The minimum Gasteiger partial charge on any atom is -0.377 e. The molecule has 2 unspecified atom stereocenters. The summed E-state index contributed by atoms with van der Waals surface area (Å²) in [4.78, 5) is 0. The molecule has 1 saturated carbocycles. The smallest absolute Gasteiger partial charge is 0.0725 e. The Morgan fingerprint density at radius 1 is 1.24 bits per heavy atom. The van der Waals surface area contributed by atoms with Gasteiger partial charge in [0.2, 0.25) is 0 Å². The Bertz CT molecular complexity index is 174. The summed E-state index contributed by atoms with van der Waals surface area (Å²) in [5.41, 5.74) is 0. The Hall–Kier alpha value is -0.0800. The van der Waals surface area contributed by atoms with E-state index < -0.39 is 0 Å². The zero-order chi connectivity index (χ0) is 12.5. The largest absolute Gasteiger partial charge is 0.377 e. The molecule has 0 spiro atoms. The van der Waals surface area contributed by atoms with Crippen molar-refractivity contribution in [3.8, 4) is 0 Å². The molecule has 1 N–H and O–H groups in total. The lowest BCUT2D eigenvalue weighted by Gasteiger charge is -2.29. The van der Waals surface area contributed by atoms with Gasteiger partial charge in [-0.1, -0.05) is 46.5 Å². The van der Waals surface area contributed by atoms with E-state index in [4.69, 9.17) is 4.74 Å². The fourth-order valence-electron chi connectivity index (χ4n) is 2.68. The van der Waals surface area contributed by atoms with E-state index in [1.807, 2.05) is 0 Å². The van der Waals surface area contributed by atoms with Gasteiger partial charge in [0.05, 0.1) is 6.10 Å². The summed E-state index contributed by atoms with van der Waals surface area (Å²) in [6.07, 6.45) is 9.60. The van der Waals surface area contributed by atoms with E-state index >= 15 is 0 Å². The Kier molecular flexibility index (Phi) is 7.87. The molecule has 1 aliphatic rings. The predicted octanol–water partition coefficient (Wildman–Crippen LogP) is 3.75. The molecule has 0 aromatic heterocycles. The lowest BCUT2D eigenvalue weighted by atomic mass is 9.83. The molecule has 102 valence electrons. The average molecular weight is 241 g/mol. The number of nitrogens with one attached hydrogen (secondary N) is 1. The zero-order valence-corrected chi connectivity index (χ0v) is 12.0. The Balaban J connectivity index is 2.22. The molecule has 0 bridgehead atoms. The normalized spacial score (nSPS) is 19.9. The Labute approximate surface area is 108 Å². The molecule has 17 heavy (non-hydrogen) atoms. The van der Waals surface area contributed by atoms with Crippen LogP contribution in [0.5, 0.6) is 0 Å². The van der Waals surface area contributed by atoms with Crippen molar-refractivity contribution in [3.63, 3.8) is 0 Å². The first-order chi connectivity index (χ1) is 8.31. The molecule has 0 aromatic carbocycles. The highest BCUT2D eigenvalue weighted by atomic mass is 16.5. The summed E-state index contributed by atoms with van der Waals surface area (Å²) in [5.74, 6) is 0.969. The van der Waals surface area contributed by atoms with Crippen molar-refractivity contribution in [1.82, 2.24) is 5.32 Å². The van der Waals surface area contributed by atoms with E-state index in [0.29, 0.717) is 12.1 Å². The predicted molar refractivity (Wildman–Crippen MR) is 74.4 cm³/mol. The van der Waals surface area contributed by atoms with Gasteiger partial charge in [0.1, 0.15) is 0 Å². The van der Waals surface area contributed by atoms with Gasteiger partial charge >= 0.3 is 0 Å². The second kappa shape index (κ2) is 8.93. The van der Waals surface area contributed by atoms with Gasteiger partial charge in [0, 0.05) is 12.6 Å². The molecule has 0 saturated heterocycles. The number of rotatable bonds is 10. The van der Waals surface area contributed by atoms with E-state index in [1.54, 1.807) is 0 Å². The summed E-state index contributed by atoms with van der Waals surface area (Å²) in [6, 6.07) is 0.552. The maximum atomic E-state index is 6.10. The van der Waals surface area contributed by atoms with E-state index in [0.717, 1.165) is 25.5 Å². The van der Waals surface area contributed by atoms with Crippen molar-refractivity contribution in [1.29, 1.82) is 0 Å².